The van der Waals surface area contributed by atoms with Crippen LogP contribution in [0.5, 0.6) is 0 Å². The third kappa shape index (κ3) is 5.80. The van der Waals surface area contributed by atoms with Gasteiger partial charge in [-0.05, 0) is 62.5 Å². The SMILES string of the molecule is CC1(C)OB(c2ccc(-c3nc(-c4ccc(-c5ccccc5)cn4)cc(-c4ccc(-c5ccccc5)cn4)n3)cc2)OC1(C)C. The van der Waals surface area contributed by atoms with Gasteiger partial charge in [0.25, 0.3) is 0 Å². The van der Waals surface area contributed by atoms with Gasteiger partial charge in [0.15, 0.2) is 5.82 Å². The van der Waals surface area contributed by atoms with Crippen LogP contribution >= 0.6 is 0 Å². The fourth-order valence-corrected chi connectivity index (χ4v) is 5.30. The molecule has 0 saturated carbocycles. The third-order valence-electron chi connectivity index (χ3n) is 8.69. The Morgan fingerprint density at radius 2 is 0.911 bits per heavy atom. The summed E-state index contributed by atoms with van der Waals surface area (Å²) in [7, 11) is -0.438. The van der Waals surface area contributed by atoms with Gasteiger partial charge in [0.05, 0.1) is 34.0 Å². The smallest absolute Gasteiger partial charge is 0.399 e. The molecule has 1 saturated heterocycles. The Labute approximate surface area is 264 Å². The second kappa shape index (κ2) is 11.5. The summed E-state index contributed by atoms with van der Waals surface area (Å²) >= 11 is 0. The quantitative estimate of drug-likeness (QED) is 0.184. The van der Waals surface area contributed by atoms with E-state index in [9.17, 15) is 0 Å². The van der Waals surface area contributed by atoms with Crippen LogP contribution < -0.4 is 5.46 Å². The van der Waals surface area contributed by atoms with Gasteiger partial charge in [-0.25, -0.2) is 9.97 Å². The zero-order chi connectivity index (χ0) is 31.0. The highest BCUT2D eigenvalue weighted by Gasteiger charge is 2.51. The van der Waals surface area contributed by atoms with Crippen LogP contribution in [-0.2, 0) is 9.31 Å². The molecule has 0 spiro atoms. The van der Waals surface area contributed by atoms with Crippen molar-refractivity contribution in [2.45, 2.75) is 38.9 Å². The molecule has 0 bridgehead atoms. The highest BCUT2D eigenvalue weighted by Crippen LogP contribution is 2.36. The summed E-state index contributed by atoms with van der Waals surface area (Å²) < 4.78 is 12.5. The Morgan fingerprint density at radius 3 is 1.33 bits per heavy atom. The summed E-state index contributed by atoms with van der Waals surface area (Å²) in [5.74, 6) is 0.589. The number of pyridine rings is 2. The van der Waals surface area contributed by atoms with E-state index in [-0.39, 0.29) is 0 Å². The van der Waals surface area contributed by atoms with E-state index in [1.165, 1.54) is 0 Å². The Balaban J connectivity index is 1.25. The van der Waals surface area contributed by atoms with Crippen LogP contribution in [-0.4, -0.2) is 38.3 Å². The lowest BCUT2D eigenvalue weighted by Crippen LogP contribution is -2.41. The van der Waals surface area contributed by atoms with Crippen molar-refractivity contribution in [3.63, 3.8) is 0 Å². The zero-order valence-electron chi connectivity index (χ0n) is 25.8. The summed E-state index contributed by atoms with van der Waals surface area (Å²) in [5, 5.41) is 0. The molecule has 1 fully saturated rings. The van der Waals surface area contributed by atoms with Crippen LogP contribution in [0.1, 0.15) is 27.7 Å². The monoisotopic (exact) mass is 588 g/mol. The predicted octanol–water partition coefficient (Wildman–Crippen LogP) is 7.90. The number of rotatable bonds is 6. The van der Waals surface area contributed by atoms with E-state index in [2.05, 4.69) is 64.1 Å². The van der Waals surface area contributed by atoms with Crippen molar-refractivity contribution < 1.29 is 9.31 Å². The Hall–Kier alpha value is -4.98. The van der Waals surface area contributed by atoms with Crippen LogP contribution in [0, 0.1) is 0 Å². The minimum atomic E-state index is -0.438. The molecule has 6 nitrogen and oxygen atoms in total. The van der Waals surface area contributed by atoms with Gasteiger partial charge in [-0.15, -0.1) is 0 Å². The molecule has 0 radical (unpaired) electrons. The van der Waals surface area contributed by atoms with Gasteiger partial charge in [0, 0.05) is 29.1 Å². The Bertz CT molecular complexity index is 1810. The second-order valence-corrected chi connectivity index (χ2v) is 12.3. The highest BCUT2D eigenvalue weighted by molar-refractivity contribution is 6.62. The molecule has 1 aliphatic rings. The average molecular weight is 589 g/mol. The third-order valence-corrected chi connectivity index (χ3v) is 8.69. The molecule has 3 aromatic heterocycles. The average Bonchev–Trinajstić information content (AvgIpc) is 3.31. The molecular formula is C38H33BN4O2. The summed E-state index contributed by atoms with van der Waals surface area (Å²) in [5.41, 5.74) is 8.29. The van der Waals surface area contributed by atoms with E-state index < -0.39 is 18.3 Å². The van der Waals surface area contributed by atoms with E-state index in [1.807, 2.05) is 91.3 Å². The molecule has 4 heterocycles. The standard InChI is InChI=1S/C38H33BN4O2/c1-37(2)38(3,4)45-39(44-37)31-19-15-28(16-20-31)36-42-34(32-21-17-29(24-40-32)26-11-7-5-8-12-26)23-35(43-36)33-22-18-30(25-41-33)27-13-9-6-10-14-27/h5-25H,1-4H3. The van der Waals surface area contributed by atoms with E-state index in [1.54, 1.807) is 0 Å². The summed E-state index contributed by atoms with van der Waals surface area (Å²) in [6.07, 6.45) is 3.77. The van der Waals surface area contributed by atoms with E-state index in [0.717, 1.165) is 56.1 Å². The predicted molar refractivity (Wildman–Crippen MR) is 181 cm³/mol. The molecule has 7 rings (SSSR count). The van der Waals surface area contributed by atoms with Gasteiger partial charge >= 0.3 is 7.12 Å². The Morgan fingerprint density at radius 1 is 0.467 bits per heavy atom. The van der Waals surface area contributed by atoms with E-state index in [4.69, 9.17) is 29.2 Å². The molecule has 6 aromatic rings. The lowest BCUT2D eigenvalue weighted by atomic mass is 9.79. The van der Waals surface area contributed by atoms with Crippen LogP contribution in [0.4, 0.5) is 0 Å². The molecule has 0 aliphatic carbocycles. The summed E-state index contributed by atoms with van der Waals surface area (Å²) in [6.45, 7) is 8.23. The number of benzene rings is 3. The minimum absolute atomic E-state index is 0.408. The molecule has 220 valence electrons. The van der Waals surface area contributed by atoms with Crippen molar-refractivity contribution in [1.82, 2.24) is 19.9 Å². The fraction of sp³-hybridized carbons (Fsp3) is 0.158. The van der Waals surface area contributed by atoms with E-state index in [0.29, 0.717) is 5.82 Å². The lowest BCUT2D eigenvalue weighted by molar-refractivity contribution is 0.00578. The molecule has 0 amide bonds. The summed E-state index contributed by atoms with van der Waals surface area (Å²) in [6, 6.07) is 38.6. The molecular weight excluding hydrogens is 555 g/mol. The molecule has 0 N–H and O–H groups in total. The summed E-state index contributed by atoms with van der Waals surface area (Å²) in [4.78, 5) is 19.5. The van der Waals surface area contributed by atoms with E-state index >= 15 is 0 Å². The van der Waals surface area contributed by atoms with Crippen molar-refractivity contribution in [2.24, 2.45) is 0 Å². The first-order valence-corrected chi connectivity index (χ1v) is 15.1. The maximum Gasteiger partial charge on any atom is 0.494 e. The normalized spacial score (nSPS) is 15.2. The van der Waals surface area contributed by atoms with Gasteiger partial charge in [-0.2, -0.15) is 0 Å². The number of aromatic nitrogens is 4. The van der Waals surface area contributed by atoms with Gasteiger partial charge < -0.3 is 9.31 Å². The van der Waals surface area contributed by atoms with Crippen LogP contribution in [0.15, 0.2) is 128 Å². The largest absolute Gasteiger partial charge is 0.494 e. The van der Waals surface area contributed by atoms with Crippen molar-refractivity contribution >= 4 is 12.6 Å². The van der Waals surface area contributed by atoms with Gasteiger partial charge in [-0.3, -0.25) is 9.97 Å². The minimum Gasteiger partial charge on any atom is -0.399 e. The van der Waals surface area contributed by atoms with Gasteiger partial charge in [0.2, 0.25) is 0 Å². The first-order chi connectivity index (χ1) is 21.8. The number of nitrogens with zero attached hydrogens (tertiary/aromatic N) is 4. The van der Waals surface area contributed by atoms with Gasteiger partial charge in [-0.1, -0.05) is 97.1 Å². The van der Waals surface area contributed by atoms with Gasteiger partial charge in [0.1, 0.15) is 0 Å². The van der Waals surface area contributed by atoms with Crippen LogP contribution in [0.3, 0.4) is 0 Å². The highest BCUT2D eigenvalue weighted by atomic mass is 16.7. The molecule has 45 heavy (non-hydrogen) atoms. The van der Waals surface area contributed by atoms with Crippen molar-refractivity contribution in [1.29, 1.82) is 0 Å². The van der Waals surface area contributed by atoms with Crippen molar-refractivity contribution in [3.8, 4) is 56.4 Å². The molecule has 1 aliphatic heterocycles. The number of hydrogen-bond acceptors (Lipinski definition) is 6. The first kappa shape index (κ1) is 28.8. The molecule has 7 heteroatoms. The maximum atomic E-state index is 6.26. The first-order valence-electron chi connectivity index (χ1n) is 15.1. The van der Waals surface area contributed by atoms with Crippen molar-refractivity contribution in [2.75, 3.05) is 0 Å². The molecule has 0 unspecified atom stereocenters. The fourth-order valence-electron chi connectivity index (χ4n) is 5.30. The van der Waals surface area contributed by atoms with Crippen molar-refractivity contribution in [3.05, 3.63) is 128 Å². The number of hydrogen-bond donors (Lipinski definition) is 0. The zero-order valence-corrected chi connectivity index (χ0v) is 25.8. The lowest BCUT2D eigenvalue weighted by Gasteiger charge is -2.32. The topological polar surface area (TPSA) is 70.0 Å². The molecule has 0 atom stereocenters. The second-order valence-electron chi connectivity index (χ2n) is 12.3. The van der Waals surface area contributed by atoms with Crippen LogP contribution in [0.25, 0.3) is 56.4 Å². The maximum absolute atomic E-state index is 6.26. The molecule has 3 aromatic carbocycles. The Kier molecular flexibility index (Phi) is 7.36. The van der Waals surface area contributed by atoms with Crippen LogP contribution in [0.2, 0.25) is 0 Å².